The molecule has 3 nitrogen and oxygen atoms in total. The Morgan fingerprint density at radius 1 is 1.22 bits per heavy atom. The summed E-state index contributed by atoms with van der Waals surface area (Å²) in [6.45, 7) is 6.93. The molecule has 0 aliphatic heterocycles. The predicted octanol–water partition coefficient (Wildman–Crippen LogP) is 4.47. The summed E-state index contributed by atoms with van der Waals surface area (Å²) in [5.74, 6) is 1.24. The lowest BCUT2D eigenvalue weighted by Crippen LogP contribution is -2.38. The van der Waals surface area contributed by atoms with Crippen LogP contribution in [0.2, 0.25) is 0 Å². The van der Waals surface area contributed by atoms with E-state index in [1.807, 2.05) is 24.3 Å². The minimum absolute atomic E-state index is 0.0456. The molecule has 2 aliphatic rings. The molecular weight excluding hydrogens is 288 g/mol. The highest BCUT2D eigenvalue weighted by Crippen LogP contribution is 2.66. The maximum absolute atomic E-state index is 12.2. The van der Waals surface area contributed by atoms with Gasteiger partial charge in [-0.05, 0) is 54.4 Å². The molecule has 0 spiro atoms. The zero-order chi connectivity index (χ0) is 16.7. The van der Waals surface area contributed by atoms with Gasteiger partial charge in [0, 0.05) is 11.5 Å². The number of rotatable bonds is 4. The standard InChI is InChI=1S/C20H26O3/c1-19(2)15-11-12-20(19,3)17(13-15)23-18(21)10-7-14-5-8-16(22-4)9-6-14/h5-10,15,17H,11-13H2,1-4H3/b10-7+. The van der Waals surface area contributed by atoms with Gasteiger partial charge in [-0.2, -0.15) is 0 Å². The first-order valence-electron chi connectivity index (χ1n) is 8.39. The van der Waals surface area contributed by atoms with Crippen molar-refractivity contribution in [1.29, 1.82) is 0 Å². The van der Waals surface area contributed by atoms with Crippen molar-refractivity contribution >= 4 is 12.0 Å². The molecule has 2 aliphatic carbocycles. The first-order valence-corrected chi connectivity index (χ1v) is 8.39. The molecule has 2 fully saturated rings. The van der Waals surface area contributed by atoms with Crippen molar-refractivity contribution < 1.29 is 14.3 Å². The Morgan fingerprint density at radius 3 is 2.43 bits per heavy atom. The normalized spacial score (nSPS) is 31.5. The van der Waals surface area contributed by atoms with Crippen molar-refractivity contribution in [3.8, 4) is 5.75 Å². The number of carbonyl (C=O) groups is 1. The Bertz CT molecular complexity index is 614. The minimum Gasteiger partial charge on any atom is -0.497 e. The van der Waals surface area contributed by atoms with Crippen LogP contribution in [0, 0.1) is 16.7 Å². The van der Waals surface area contributed by atoms with Crippen molar-refractivity contribution in [3.63, 3.8) is 0 Å². The highest BCUT2D eigenvalue weighted by molar-refractivity contribution is 5.87. The largest absolute Gasteiger partial charge is 0.497 e. The maximum Gasteiger partial charge on any atom is 0.331 e. The highest BCUT2D eigenvalue weighted by atomic mass is 16.5. The molecule has 0 amide bonds. The number of ether oxygens (including phenoxy) is 2. The van der Waals surface area contributed by atoms with Crippen LogP contribution in [0.4, 0.5) is 0 Å². The van der Waals surface area contributed by atoms with E-state index in [1.54, 1.807) is 13.2 Å². The number of hydrogen-bond acceptors (Lipinski definition) is 3. The van der Waals surface area contributed by atoms with Gasteiger partial charge >= 0.3 is 5.97 Å². The molecule has 3 rings (SSSR count). The van der Waals surface area contributed by atoms with E-state index in [0.29, 0.717) is 5.92 Å². The highest BCUT2D eigenvalue weighted by Gasteiger charge is 2.62. The van der Waals surface area contributed by atoms with Crippen molar-refractivity contribution in [2.24, 2.45) is 16.7 Å². The van der Waals surface area contributed by atoms with Crippen LogP contribution in [0.3, 0.4) is 0 Å². The summed E-state index contributed by atoms with van der Waals surface area (Å²) in [6, 6.07) is 7.60. The third-order valence-electron chi connectivity index (χ3n) is 6.50. The number of methoxy groups -OCH3 is 1. The van der Waals surface area contributed by atoms with E-state index in [9.17, 15) is 4.79 Å². The van der Waals surface area contributed by atoms with Gasteiger partial charge in [0.15, 0.2) is 0 Å². The first kappa shape index (κ1) is 16.1. The lowest BCUT2D eigenvalue weighted by molar-refractivity contribution is -0.150. The van der Waals surface area contributed by atoms with E-state index in [2.05, 4.69) is 20.8 Å². The number of carbonyl (C=O) groups excluding carboxylic acids is 1. The quantitative estimate of drug-likeness (QED) is 0.608. The van der Waals surface area contributed by atoms with Gasteiger partial charge in [-0.1, -0.05) is 32.9 Å². The monoisotopic (exact) mass is 314 g/mol. The lowest BCUT2D eigenvalue weighted by Gasteiger charge is -2.38. The molecule has 2 saturated carbocycles. The van der Waals surface area contributed by atoms with E-state index in [1.165, 1.54) is 12.5 Å². The number of benzene rings is 1. The Kier molecular flexibility index (Phi) is 3.99. The van der Waals surface area contributed by atoms with Gasteiger partial charge in [0.1, 0.15) is 11.9 Å². The summed E-state index contributed by atoms with van der Waals surface area (Å²) in [6.07, 6.45) is 6.80. The number of fused-ring (bicyclic) bond motifs is 2. The zero-order valence-electron chi connectivity index (χ0n) is 14.5. The second-order valence-electron chi connectivity index (χ2n) is 7.64. The molecule has 124 valence electrons. The van der Waals surface area contributed by atoms with E-state index < -0.39 is 0 Å². The fourth-order valence-corrected chi connectivity index (χ4v) is 4.37. The molecule has 0 radical (unpaired) electrons. The molecule has 3 atom stereocenters. The molecule has 0 N–H and O–H groups in total. The van der Waals surface area contributed by atoms with E-state index >= 15 is 0 Å². The molecule has 0 aromatic heterocycles. The summed E-state index contributed by atoms with van der Waals surface area (Å²) in [4.78, 5) is 12.2. The Morgan fingerprint density at radius 2 is 1.91 bits per heavy atom. The first-order chi connectivity index (χ1) is 10.9. The summed E-state index contributed by atoms with van der Waals surface area (Å²) in [5, 5.41) is 0. The average Bonchev–Trinajstić information content (AvgIpc) is 2.87. The van der Waals surface area contributed by atoms with Crippen LogP contribution in [-0.2, 0) is 9.53 Å². The molecular formula is C20H26O3. The van der Waals surface area contributed by atoms with Crippen LogP contribution in [-0.4, -0.2) is 19.2 Å². The fourth-order valence-electron chi connectivity index (χ4n) is 4.37. The van der Waals surface area contributed by atoms with Gasteiger partial charge in [0.25, 0.3) is 0 Å². The Hall–Kier alpha value is -1.77. The summed E-state index contributed by atoms with van der Waals surface area (Å²) >= 11 is 0. The van der Waals surface area contributed by atoms with Gasteiger partial charge in [0.05, 0.1) is 7.11 Å². The van der Waals surface area contributed by atoms with Gasteiger partial charge < -0.3 is 9.47 Å². The van der Waals surface area contributed by atoms with Crippen LogP contribution in [0.25, 0.3) is 6.08 Å². The van der Waals surface area contributed by atoms with Crippen LogP contribution >= 0.6 is 0 Å². The average molecular weight is 314 g/mol. The van der Waals surface area contributed by atoms with Crippen molar-refractivity contribution in [3.05, 3.63) is 35.9 Å². The van der Waals surface area contributed by atoms with Gasteiger partial charge in [-0.25, -0.2) is 4.79 Å². The molecule has 3 heteroatoms. The van der Waals surface area contributed by atoms with Crippen molar-refractivity contribution in [2.75, 3.05) is 7.11 Å². The Labute approximate surface area is 138 Å². The molecule has 0 saturated heterocycles. The fraction of sp³-hybridized carbons (Fsp3) is 0.550. The van der Waals surface area contributed by atoms with E-state index in [4.69, 9.17) is 9.47 Å². The lowest BCUT2D eigenvalue weighted by atomic mass is 9.70. The molecule has 2 bridgehead atoms. The minimum atomic E-state index is -0.240. The van der Waals surface area contributed by atoms with Gasteiger partial charge in [-0.15, -0.1) is 0 Å². The SMILES string of the molecule is COc1ccc(/C=C/C(=O)OC2CC3CCC2(C)C3(C)C)cc1. The maximum atomic E-state index is 12.2. The smallest absolute Gasteiger partial charge is 0.331 e. The summed E-state index contributed by atoms with van der Waals surface area (Å²) in [5.41, 5.74) is 1.33. The Balaban J connectivity index is 1.63. The van der Waals surface area contributed by atoms with E-state index in [0.717, 1.165) is 24.2 Å². The van der Waals surface area contributed by atoms with Crippen LogP contribution in [0.1, 0.15) is 45.6 Å². The van der Waals surface area contributed by atoms with Gasteiger partial charge in [-0.3, -0.25) is 0 Å². The van der Waals surface area contributed by atoms with Gasteiger partial charge in [0.2, 0.25) is 0 Å². The predicted molar refractivity (Wildman–Crippen MR) is 91.1 cm³/mol. The molecule has 3 unspecified atom stereocenters. The van der Waals surface area contributed by atoms with Crippen molar-refractivity contribution in [2.45, 2.75) is 46.1 Å². The number of hydrogen-bond donors (Lipinski definition) is 0. The van der Waals surface area contributed by atoms with Crippen molar-refractivity contribution in [1.82, 2.24) is 0 Å². The topological polar surface area (TPSA) is 35.5 Å². The zero-order valence-corrected chi connectivity index (χ0v) is 14.5. The second kappa shape index (κ2) is 5.70. The van der Waals surface area contributed by atoms with Crippen LogP contribution < -0.4 is 4.74 Å². The summed E-state index contributed by atoms with van der Waals surface area (Å²) in [7, 11) is 1.64. The van der Waals surface area contributed by atoms with Crippen LogP contribution in [0.15, 0.2) is 30.3 Å². The molecule has 1 aromatic carbocycles. The third-order valence-corrected chi connectivity index (χ3v) is 6.50. The number of esters is 1. The molecule has 1 aromatic rings. The van der Waals surface area contributed by atoms with E-state index in [-0.39, 0.29) is 22.9 Å². The third kappa shape index (κ3) is 2.66. The second-order valence-corrected chi connectivity index (χ2v) is 7.64. The molecule has 0 heterocycles. The van der Waals surface area contributed by atoms with Crippen LogP contribution in [0.5, 0.6) is 5.75 Å². The molecule has 23 heavy (non-hydrogen) atoms. The summed E-state index contributed by atoms with van der Waals surface area (Å²) < 4.78 is 10.9.